The zero-order chi connectivity index (χ0) is 9.42. The van der Waals surface area contributed by atoms with E-state index in [0.29, 0.717) is 11.3 Å². The van der Waals surface area contributed by atoms with E-state index < -0.39 is 0 Å². The lowest BCUT2D eigenvalue weighted by atomic mass is 10.5. The van der Waals surface area contributed by atoms with E-state index in [2.05, 4.69) is 26.0 Å². The summed E-state index contributed by atoms with van der Waals surface area (Å²) in [6.45, 7) is 0. The van der Waals surface area contributed by atoms with Crippen molar-refractivity contribution in [3.8, 4) is 6.07 Å². The summed E-state index contributed by atoms with van der Waals surface area (Å²) in [5.74, 6) is 0.358. The van der Waals surface area contributed by atoms with E-state index in [-0.39, 0.29) is 5.82 Å². The van der Waals surface area contributed by atoms with Crippen molar-refractivity contribution in [2.24, 2.45) is 0 Å². The van der Waals surface area contributed by atoms with E-state index >= 15 is 0 Å². The predicted molar refractivity (Wildman–Crippen MR) is 49.8 cm³/mol. The molecule has 0 amide bonds. The van der Waals surface area contributed by atoms with Gasteiger partial charge < -0.3 is 5.73 Å². The molecule has 0 spiro atoms. The zero-order valence-corrected chi connectivity index (χ0v) is 7.98. The molecule has 0 atom stereocenters. The molecular weight excluding hydrogens is 234 g/mol. The van der Waals surface area contributed by atoms with Crippen molar-refractivity contribution in [1.82, 2.24) is 14.6 Å². The maximum absolute atomic E-state index is 8.57. The van der Waals surface area contributed by atoms with Gasteiger partial charge in [0, 0.05) is 10.7 Å². The van der Waals surface area contributed by atoms with Gasteiger partial charge in [0.1, 0.15) is 11.6 Å². The molecule has 2 rings (SSSR count). The smallest absolute Gasteiger partial charge is 0.253 e. The average Bonchev–Trinajstić information content (AvgIpc) is 2.48. The minimum atomic E-state index is 0.0631. The topological polar surface area (TPSA) is 80.0 Å². The monoisotopic (exact) mass is 237 g/mol. The molecule has 0 aliphatic heterocycles. The Morgan fingerprint density at radius 2 is 2.38 bits per heavy atom. The van der Waals surface area contributed by atoms with E-state index in [4.69, 9.17) is 11.0 Å². The number of rotatable bonds is 0. The van der Waals surface area contributed by atoms with Gasteiger partial charge in [-0.2, -0.15) is 10.2 Å². The molecular formula is C7H4BrN5. The summed E-state index contributed by atoms with van der Waals surface area (Å²) >= 11 is 3.30. The fourth-order valence-corrected chi connectivity index (χ4v) is 1.56. The van der Waals surface area contributed by atoms with Crippen LogP contribution < -0.4 is 5.73 Å². The van der Waals surface area contributed by atoms with Crippen molar-refractivity contribution in [3.63, 3.8) is 0 Å². The van der Waals surface area contributed by atoms with Gasteiger partial charge in [-0.1, -0.05) is 0 Å². The highest BCUT2D eigenvalue weighted by Gasteiger charge is 2.07. The Morgan fingerprint density at radius 1 is 1.62 bits per heavy atom. The van der Waals surface area contributed by atoms with Crippen molar-refractivity contribution >= 4 is 27.3 Å². The maximum atomic E-state index is 8.57. The summed E-state index contributed by atoms with van der Waals surface area (Å²) in [5.41, 5.74) is 6.30. The summed E-state index contributed by atoms with van der Waals surface area (Å²) in [6, 6.07) is 3.62. The number of aromatic nitrogens is 3. The molecule has 64 valence electrons. The van der Waals surface area contributed by atoms with Gasteiger partial charge in [-0.15, -0.1) is 5.10 Å². The lowest BCUT2D eigenvalue weighted by Crippen LogP contribution is -2.02. The first kappa shape index (κ1) is 8.01. The number of nitrogen functional groups attached to an aromatic ring is 1. The van der Waals surface area contributed by atoms with Gasteiger partial charge in [0.25, 0.3) is 5.82 Å². The van der Waals surface area contributed by atoms with Crippen LogP contribution >= 0.6 is 15.9 Å². The van der Waals surface area contributed by atoms with E-state index in [1.807, 2.05) is 6.07 Å². The quantitative estimate of drug-likeness (QED) is 0.740. The number of hydrogen-bond donors (Lipinski definition) is 1. The van der Waals surface area contributed by atoms with Crippen LogP contribution in [0.15, 0.2) is 16.7 Å². The van der Waals surface area contributed by atoms with Gasteiger partial charge >= 0.3 is 0 Å². The summed E-state index contributed by atoms with van der Waals surface area (Å²) < 4.78 is 2.33. The highest BCUT2D eigenvalue weighted by molar-refractivity contribution is 9.10. The molecule has 2 N–H and O–H groups in total. The van der Waals surface area contributed by atoms with Gasteiger partial charge in [-0.3, -0.25) is 0 Å². The molecule has 2 aromatic rings. The molecule has 0 saturated heterocycles. The van der Waals surface area contributed by atoms with Crippen LogP contribution in [0.5, 0.6) is 0 Å². The second kappa shape index (κ2) is 2.71. The van der Waals surface area contributed by atoms with Crippen LogP contribution in [-0.2, 0) is 0 Å². The van der Waals surface area contributed by atoms with Gasteiger partial charge in [0.05, 0.1) is 0 Å². The molecule has 0 aromatic carbocycles. The average molecular weight is 238 g/mol. The number of nitriles is 1. The molecule has 0 saturated carbocycles. The van der Waals surface area contributed by atoms with Crippen molar-refractivity contribution in [1.29, 1.82) is 5.26 Å². The van der Waals surface area contributed by atoms with Gasteiger partial charge in [0.15, 0.2) is 5.82 Å². The first-order valence-corrected chi connectivity index (χ1v) is 4.22. The molecule has 0 radical (unpaired) electrons. The van der Waals surface area contributed by atoms with E-state index in [0.717, 1.165) is 4.47 Å². The number of nitrogens with zero attached hydrogens (tertiary/aromatic N) is 4. The Hall–Kier alpha value is -1.61. The van der Waals surface area contributed by atoms with E-state index in [1.165, 1.54) is 4.52 Å². The Labute approximate surface area is 81.9 Å². The molecule has 2 heterocycles. The summed E-state index contributed by atoms with van der Waals surface area (Å²) in [4.78, 5) is 3.81. The number of fused-ring (bicyclic) bond motifs is 1. The van der Waals surface area contributed by atoms with Crippen molar-refractivity contribution in [2.45, 2.75) is 0 Å². The third-order valence-electron chi connectivity index (χ3n) is 1.59. The van der Waals surface area contributed by atoms with Gasteiger partial charge in [-0.05, 0) is 22.0 Å². The fraction of sp³-hybridized carbons (Fsp3) is 0. The Bertz CT molecular complexity index is 509. The molecule has 13 heavy (non-hydrogen) atoms. The third kappa shape index (κ3) is 1.13. The van der Waals surface area contributed by atoms with Crippen LogP contribution in [0, 0.1) is 11.3 Å². The fourth-order valence-electron chi connectivity index (χ4n) is 1.06. The van der Waals surface area contributed by atoms with Crippen LogP contribution in [0.2, 0.25) is 0 Å². The molecule has 0 aliphatic rings. The second-order valence-corrected chi connectivity index (χ2v) is 3.24. The van der Waals surface area contributed by atoms with Gasteiger partial charge in [-0.25, -0.2) is 4.52 Å². The number of anilines is 1. The molecule has 0 unspecified atom stereocenters. The largest absolute Gasteiger partial charge is 0.382 e. The lowest BCUT2D eigenvalue weighted by Gasteiger charge is -1.98. The highest BCUT2D eigenvalue weighted by atomic mass is 79.9. The van der Waals surface area contributed by atoms with Crippen molar-refractivity contribution < 1.29 is 0 Å². The van der Waals surface area contributed by atoms with E-state index in [9.17, 15) is 0 Å². The summed E-state index contributed by atoms with van der Waals surface area (Å²) in [5, 5.41) is 12.5. The minimum absolute atomic E-state index is 0.0631. The molecule has 0 fully saturated rings. The summed E-state index contributed by atoms with van der Waals surface area (Å²) in [6.07, 6.45) is 1.71. The molecule has 2 aromatic heterocycles. The normalized spacial score (nSPS) is 10.2. The molecule has 0 aliphatic carbocycles. The Morgan fingerprint density at radius 3 is 3.08 bits per heavy atom. The van der Waals surface area contributed by atoms with Crippen LogP contribution in [0.1, 0.15) is 5.82 Å². The number of nitrogens with two attached hydrogens (primary N) is 1. The SMILES string of the molecule is N#Cc1nc(N)c2c(Br)ccn2n1. The first-order valence-electron chi connectivity index (χ1n) is 3.43. The van der Waals surface area contributed by atoms with Crippen molar-refractivity contribution in [3.05, 3.63) is 22.6 Å². The van der Waals surface area contributed by atoms with Crippen LogP contribution in [-0.4, -0.2) is 14.6 Å². The molecule has 6 heteroatoms. The molecule has 0 bridgehead atoms. The van der Waals surface area contributed by atoms with Crippen LogP contribution in [0.25, 0.3) is 5.52 Å². The Balaban J connectivity index is 2.89. The second-order valence-electron chi connectivity index (χ2n) is 2.39. The zero-order valence-electron chi connectivity index (χ0n) is 6.40. The van der Waals surface area contributed by atoms with Crippen LogP contribution in [0.3, 0.4) is 0 Å². The van der Waals surface area contributed by atoms with Crippen molar-refractivity contribution in [2.75, 3.05) is 5.73 Å². The lowest BCUT2D eigenvalue weighted by molar-refractivity contribution is 0.887. The number of halogens is 1. The number of hydrogen-bond acceptors (Lipinski definition) is 4. The van der Waals surface area contributed by atoms with E-state index in [1.54, 1.807) is 12.3 Å². The standard InChI is InChI=1S/C7H4BrN5/c8-4-1-2-13-6(4)7(10)11-5(3-9)12-13/h1-2H,(H2,10,11,12). The van der Waals surface area contributed by atoms with Gasteiger partial charge in [0.2, 0.25) is 0 Å². The summed E-state index contributed by atoms with van der Waals surface area (Å²) in [7, 11) is 0. The Kier molecular flexibility index (Phi) is 1.67. The minimum Gasteiger partial charge on any atom is -0.382 e. The maximum Gasteiger partial charge on any atom is 0.253 e. The highest BCUT2D eigenvalue weighted by Crippen LogP contribution is 2.22. The first-order chi connectivity index (χ1) is 6.22. The predicted octanol–water partition coefficient (Wildman–Crippen LogP) is 0.946. The third-order valence-corrected chi connectivity index (χ3v) is 2.23. The molecule has 5 nitrogen and oxygen atoms in total. The van der Waals surface area contributed by atoms with Crippen LogP contribution in [0.4, 0.5) is 5.82 Å².